The molecular formula is C24H25FN4O. The summed E-state index contributed by atoms with van der Waals surface area (Å²) in [6.07, 6.45) is 11.3. The van der Waals surface area contributed by atoms with Crippen LogP contribution in [-0.4, -0.2) is 19.2 Å². The Kier molecular flexibility index (Phi) is 4.85. The SMILES string of the molecule is CCc1nn2c(ncc3c(=O)n(C4CCCCCC4)ccc32)c1-c1ccc(F)cc1. The summed E-state index contributed by atoms with van der Waals surface area (Å²) < 4.78 is 17.1. The molecule has 0 radical (unpaired) electrons. The lowest BCUT2D eigenvalue weighted by atomic mass is 10.0. The number of pyridine rings is 1. The molecule has 1 fully saturated rings. The lowest BCUT2D eigenvalue weighted by Crippen LogP contribution is -2.24. The number of benzene rings is 1. The number of hydrogen-bond acceptors (Lipinski definition) is 3. The van der Waals surface area contributed by atoms with Crippen molar-refractivity contribution in [3.05, 3.63) is 64.6 Å². The van der Waals surface area contributed by atoms with Crippen molar-refractivity contribution in [1.82, 2.24) is 19.2 Å². The Bertz CT molecular complexity index is 1260. The molecule has 1 aliphatic carbocycles. The van der Waals surface area contributed by atoms with Crippen LogP contribution in [0.15, 0.2) is 47.5 Å². The molecule has 6 heteroatoms. The first-order valence-corrected chi connectivity index (χ1v) is 10.8. The lowest BCUT2D eigenvalue weighted by molar-refractivity contribution is 0.434. The monoisotopic (exact) mass is 404 g/mol. The van der Waals surface area contributed by atoms with E-state index in [1.807, 2.05) is 23.8 Å². The number of aryl methyl sites for hydroxylation is 1. The Labute approximate surface area is 174 Å². The fraction of sp³-hybridized carbons (Fsp3) is 0.375. The highest BCUT2D eigenvalue weighted by Gasteiger charge is 2.20. The second-order valence-electron chi connectivity index (χ2n) is 8.15. The minimum atomic E-state index is -0.272. The van der Waals surface area contributed by atoms with Crippen LogP contribution in [0.25, 0.3) is 27.7 Å². The van der Waals surface area contributed by atoms with Crippen LogP contribution in [0.1, 0.15) is 57.2 Å². The summed E-state index contributed by atoms with van der Waals surface area (Å²) in [5, 5.41) is 5.36. The van der Waals surface area contributed by atoms with Crippen molar-refractivity contribution >= 4 is 16.6 Å². The quantitative estimate of drug-likeness (QED) is 0.435. The van der Waals surface area contributed by atoms with Crippen molar-refractivity contribution in [3.8, 4) is 11.1 Å². The zero-order valence-electron chi connectivity index (χ0n) is 17.1. The molecular weight excluding hydrogens is 379 g/mol. The Balaban J connectivity index is 1.69. The number of hydrogen-bond donors (Lipinski definition) is 0. The molecule has 1 saturated carbocycles. The van der Waals surface area contributed by atoms with Crippen molar-refractivity contribution in [2.24, 2.45) is 0 Å². The van der Waals surface area contributed by atoms with Crippen molar-refractivity contribution < 1.29 is 4.39 Å². The third-order valence-corrected chi connectivity index (χ3v) is 6.30. The van der Waals surface area contributed by atoms with Gasteiger partial charge in [0.05, 0.1) is 16.6 Å². The van der Waals surface area contributed by atoms with Crippen molar-refractivity contribution in [3.63, 3.8) is 0 Å². The van der Waals surface area contributed by atoms with E-state index in [4.69, 9.17) is 5.10 Å². The molecule has 0 bridgehead atoms. The van der Waals surface area contributed by atoms with Crippen LogP contribution in [-0.2, 0) is 6.42 Å². The summed E-state index contributed by atoms with van der Waals surface area (Å²) >= 11 is 0. The second-order valence-corrected chi connectivity index (χ2v) is 8.15. The Morgan fingerprint density at radius 3 is 2.50 bits per heavy atom. The van der Waals surface area contributed by atoms with E-state index in [1.54, 1.807) is 22.8 Å². The summed E-state index contributed by atoms with van der Waals surface area (Å²) in [4.78, 5) is 17.9. The summed E-state index contributed by atoms with van der Waals surface area (Å²) in [5.41, 5.74) is 4.12. The molecule has 4 aromatic rings. The van der Waals surface area contributed by atoms with Gasteiger partial charge >= 0.3 is 0 Å². The van der Waals surface area contributed by atoms with Gasteiger partial charge in [-0.05, 0) is 43.0 Å². The molecule has 154 valence electrons. The Hall–Kier alpha value is -3.02. The molecule has 0 atom stereocenters. The molecule has 0 unspecified atom stereocenters. The molecule has 0 saturated heterocycles. The molecule has 3 aromatic heterocycles. The van der Waals surface area contributed by atoms with Crippen LogP contribution >= 0.6 is 0 Å². The summed E-state index contributed by atoms with van der Waals surface area (Å²) in [5.74, 6) is -0.272. The van der Waals surface area contributed by atoms with Gasteiger partial charge in [0.2, 0.25) is 0 Å². The van der Waals surface area contributed by atoms with Gasteiger partial charge in [0, 0.05) is 24.0 Å². The molecule has 0 amide bonds. The number of nitrogens with zero attached hydrogens (tertiary/aromatic N) is 4. The average molecular weight is 404 g/mol. The van der Waals surface area contributed by atoms with Gasteiger partial charge in [-0.15, -0.1) is 0 Å². The van der Waals surface area contributed by atoms with E-state index in [-0.39, 0.29) is 17.4 Å². The molecule has 1 aromatic carbocycles. The molecule has 5 nitrogen and oxygen atoms in total. The molecule has 3 heterocycles. The van der Waals surface area contributed by atoms with E-state index < -0.39 is 0 Å². The predicted octanol–water partition coefficient (Wildman–Crippen LogP) is 5.31. The molecule has 0 aliphatic heterocycles. The highest BCUT2D eigenvalue weighted by atomic mass is 19.1. The molecule has 0 spiro atoms. The molecule has 1 aliphatic rings. The van der Waals surface area contributed by atoms with Gasteiger partial charge in [-0.3, -0.25) is 4.79 Å². The zero-order valence-corrected chi connectivity index (χ0v) is 17.1. The van der Waals surface area contributed by atoms with E-state index >= 15 is 0 Å². The maximum atomic E-state index is 13.4. The third kappa shape index (κ3) is 3.11. The van der Waals surface area contributed by atoms with Crippen molar-refractivity contribution in [2.75, 3.05) is 0 Å². The second kappa shape index (κ2) is 7.67. The highest BCUT2D eigenvalue weighted by Crippen LogP contribution is 2.30. The fourth-order valence-corrected chi connectivity index (χ4v) is 4.71. The predicted molar refractivity (Wildman–Crippen MR) is 116 cm³/mol. The van der Waals surface area contributed by atoms with Crippen molar-refractivity contribution in [1.29, 1.82) is 0 Å². The summed E-state index contributed by atoms with van der Waals surface area (Å²) in [7, 11) is 0. The van der Waals surface area contributed by atoms with Gasteiger partial charge in [-0.25, -0.2) is 13.9 Å². The molecule has 30 heavy (non-hydrogen) atoms. The maximum absolute atomic E-state index is 13.4. The van der Waals surface area contributed by atoms with Crippen LogP contribution in [0.5, 0.6) is 0 Å². The van der Waals surface area contributed by atoms with E-state index in [0.29, 0.717) is 11.0 Å². The minimum absolute atomic E-state index is 0.00526. The van der Waals surface area contributed by atoms with Gasteiger partial charge in [0.25, 0.3) is 5.56 Å². The number of halogens is 1. The van der Waals surface area contributed by atoms with E-state index in [2.05, 4.69) is 4.98 Å². The van der Waals surface area contributed by atoms with Crippen molar-refractivity contribution in [2.45, 2.75) is 57.9 Å². The number of aromatic nitrogens is 4. The summed E-state index contributed by atoms with van der Waals surface area (Å²) in [6.45, 7) is 2.04. The average Bonchev–Trinajstić information content (AvgIpc) is 2.93. The first-order valence-electron chi connectivity index (χ1n) is 10.8. The first-order chi connectivity index (χ1) is 14.7. The first kappa shape index (κ1) is 19.0. The van der Waals surface area contributed by atoms with Gasteiger partial charge in [0.1, 0.15) is 5.82 Å². The Morgan fingerprint density at radius 2 is 1.80 bits per heavy atom. The van der Waals surface area contributed by atoms with Gasteiger partial charge < -0.3 is 4.57 Å². The van der Waals surface area contributed by atoms with Crippen LogP contribution in [0.4, 0.5) is 4.39 Å². The van der Waals surface area contributed by atoms with Crippen LogP contribution in [0.3, 0.4) is 0 Å². The summed E-state index contributed by atoms with van der Waals surface area (Å²) in [6, 6.07) is 8.65. The number of rotatable bonds is 3. The standard InChI is InChI=1S/C24H25FN4O/c1-2-20-22(16-9-11-17(25)12-10-16)23-26-15-19-21(29(23)27-20)13-14-28(24(19)30)18-7-5-3-4-6-8-18/h9-15,18H,2-8H2,1H3. The highest BCUT2D eigenvalue weighted by molar-refractivity contribution is 5.86. The van der Waals surface area contributed by atoms with E-state index in [0.717, 1.165) is 41.6 Å². The molecule has 5 rings (SSSR count). The Morgan fingerprint density at radius 1 is 1.07 bits per heavy atom. The van der Waals surface area contributed by atoms with E-state index in [1.165, 1.54) is 37.8 Å². The topological polar surface area (TPSA) is 52.2 Å². The zero-order chi connectivity index (χ0) is 20.7. The molecule has 0 N–H and O–H groups in total. The van der Waals surface area contributed by atoms with E-state index in [9.17, 15) is 9.18 Å². The lowest BCUT2D eigenvalue weighted by Gasteiger charge is -2.18. The maximum Gasteiger partial charge on any atom is 0.261 e. The smallest absolute Gasteiger partial charge is 0.261 e. The van der Waals surface area contributed by atoms with Crippen LogP contribution in [0.2, 0.25) is 0 Å². The van der Waals surface area contributed by atoms with Gasteiger partial charge in [0.15, 0.2) is 5.65 Å². The minimum Gasteiger partial charge on any atom is -0.312 e. The van der Waals surface area contributed by atoms with Crippen LogP contribution in [0, 0.1) is 5.82 Å². The normalized spacial score (nSPS) is 15.7. The van der Waals surface area contributed by atoms with Gasteiger partial charge in [-0.1, -0.05) is 44.7 Å². The fourth-order valence-electron chi connectivity index (χ4n) is 4.71. The largest absolute Gasteiger partial charge is 0.312 e. The third-order valence-electron chi connectivity index (χ3n) is 6.30. The van der Waals surface area contributed by atoms with Gasteiger partial charge in [-0.2, -0.15) is 5.10 Å². The van der Waals surface area contributed by atoms with Crippen LogP contribution < -0.4 is 5.56 Å². The number of fused-ring (bicyclic) bond motifs is 3.